The summed E-state index contributed by atoms with van der Waals surface area (Å²) in [6.45, 7) is 5.19. The van der Waals surface area contributed by atoms with E-state index in [1.54, 1.807) is 4.90 Å². The monoisotopic (exact) mass is 356 g/mol. The average Bonchev–Trinajstić information content (AvgIpc) is 2.88. The standard InChI is InChI=1S/C16H24N2O3S2/c1-12(2)14-9-18(10-15(14)17-23(3,20)21)16(19)11-22-13-7-5-4-6-8-13/h4-8,12,14-15,17H,9-11H2,1-3H3/t14-,15+/m0/s1. The van der Waals surface area contributed by atoms with Crippen molar-refractivity contribution < 1.29 is 13.2 Å². The second kappa shape index (κ2) is 7.68. The van der Waals surface area contributed by atoms with Gasteiger partial charge in [0.2, 0.25) is 15.9 Å². The van der Waals surface area contributed by atoms with Crippen LogP contribution in [-0.2, 0) is 14.8 Å². The quantitative estimate of drug-likeness (QED) is 0.790. The predicted molar refractivity (Wildman–Crippen MR) is 93.8 cm³/mol. The molecule has 2 atom stereocenters. The Labute approximate surface area is 142 Å². The van der Waals surface area contributed by atoms with Gasteiger partial charge in [0.1, 0.15) is 0 Å². The molecule has 23 heavy (non-hydrogen) atoms. The third kappa shape index (κ3) is 5.51. The van der Waals surface area contributed by atoms with Gasteiger partial charge in [0.15, 0.2) is 0 Å². The molecule has 1 aromatic rings. The lowest BCUT2D eigenvalue weighted by molar-refractivity contribution is -0.127. The van der Waals surface area contributed by atoms with E-state index in [2.05, 4.69) is 18.6 Å². The van der Waals surface area contributed by atoms with Crippen molar-refractivity contribution in [2.24, 2.45) is 11.8 Å². The lowest BCUT2D eigenvalue weighted by atomic mass is 9.92. The molecule has 1 amide bonds. The number of rotatable bonds is 6. The van der Waals surface area contributed by atoms with E-state index in [0.717, 1.165) is 4.90 Å². The highest BCUT2D eigenvalue weighted by atomic mass is 32.2. The third-order valence-corrected chi connectivity index (χ3v) is 5.77. The van der Waals surface area contributed by atoms with Crippen LogP contribution in [0.1, 0.15) is 13.8 Å². The Morgan fingerprint density at radius 2 is 1.96 bits per heavy atom. The minimum Gasteiger partial charge on any atom is -0.340 e. The van der Waals surface area contributed by atoms with E-state index in [1.807, 2.05) is 30.3 Å². The molecule has 1 heterocycles. The fraction of sp³-hybridized carbons (Fsp3) is 0.562. The van der Waals surface area contributed by atoms with Crippen LogP contribution in [0.5, 0.6) is 0 Å². The Kier molecular flexibility index (Phi) is 6.11. The van der Waals surface area contributed by atoms with Gasteiger partial charge in [-0.1, -0.05) is 32.0 Å². The number of likely N-dealkylation sites (tertiary alicyclic amines) is 1. The van der Waals surface area contributed by atoms with Crippen LogP contribution in [0.15, 0.2) is 35.2 Å². The van der Waals surface area contributed by atoms with Crippen molar-refractivity contribution in [1.82, 2.24) is 9.62 Å². The van der Waals surface area contributed by atoms with Crippen molar-refractivity contribution in [3.05, 3.63) is 30.3 Å². The molecule has 0 bridgehead atoms. The molecule has 1 saturated heterocycles. The van der Waals surface area contributed by atoms with Crippen LogP contribution in [0.4, 0.5) is 0 Å². The number of carbonyl (C=O) groups excluding carboxylic acids is 1. The summed E-state index contributed by atoms with van der Waals surface area (Å²) in [5.41, 5.74) is 0. The molecule has 0 aromatic heterocycles. The van der Waals surface area contributed by atoms with Crippen LogP contribution >= 0.6 is 11.8 Å². The summed E-state index contributed by atoms with van der Waals surface area (Å²) in [6, 6.07) is 9.60. The summed E-state index contributed by atoms with van der Waals surface area (Å²) in [5, 5.41) is 0. The zero-order valence-electron chi connectivity index (χ0n) is 13.7. The van der Waals surface area contributed by atoms with Crippen LogP contribution in [0.3, 0.4) is 0 Å². The highest BCUT2D eigenvalue weighted by molar-refractivity contribution is 8.00. The predicted octanol–water partition coefficient (Wildman–Crippen LogP) is 1.81. The molecule has 2 rings (SSSR count). The van der Waals surface area contributed by atoms with Gasteiger partial charge in [-0.15, -0.1) is 11.8 Å². The molecule has 0 spiro atoms. The average molecular weight is 357 g/mol. The normalized spacial score (nSPS) is 21.8. The number of sulfonamides is 1. The Bertz CT molecular complexity index is 632. The first-order chi connectivity index (χ1) is 10.8. The Balaban J connectivity index is 1.96. The fourth-order valence-corrected chi connectivity index (χ4v) is 4.48. The maximum absolute atomic E-state index is 12.4. The molecule has 1 fully saturated rings. The van der Waals surface area contributed by atoms with E-state index in [4.69, 9.17) is 0 Å². The van der Waals surface area contributed by atoms with E-state index < -0.39 is 10.0 Å². The first kappa shape index (κ1) is 18.3. The number of hydrogen-bond donors (Lipinski definition) is 1. The molecule has 5 nitrogen and oxygen atoms in total. The summed E-state index contributed by atoms with van der Waals surface area (Å²) in [6.07, 6.45) is 1.17. The summed E-state index contributed by atoms with van der Waals surface area (Å²) in [4.78, 5) is 15.3. The fourth-order valence-electron chi connectivity index (χ4n) is 2.86. The van der Waals surface area contributed by atoms with E-state index in [0.29, 0.717) is 24.8 Å². The molecule has 0 radical (unpaired) electrons. The number of carbonyl (C=O) groups is 1. The zero-order chi connectivity index (χ0) is 17.0. The van der Waals surface area contributed by atoms with E-state index in [1.165, 1.54) is 18.0 Å². The number of hydrogen-bond acceptors (Lipinski definition) is 4. The van der Waals surface area contributed by atoms with E-state index in [-0.39, 0.29) is 17.9 Å². The van der Waals surface area contributed by atoms with Crippen LogP contribution in [-0.4, -0.2) is 50.4 Å². The summed E-state index contributed by atoms with van der Waals surface area (Å²) in [5.74, 6) is 0.895. The van der Waals surface area contributed by atoms with Crippen LogP contribution in [0, 0.1) is 11.8 Å². The number of nitrogens with one attached hydrogen (secondary N) is 1. The molecule has 1 aromatic carbocycles. The molecule has 1 aliphatic heterocycles. The summed E-state index contributed by atoms with van der Waals surface area (Å²) >= 11 is 1.51. The number of thioether (sulfide) groups is 1. The molecule has 0 unspecified atom stereocenters. The minimum absolute atomic E-state index is 0.0577. The largest absolute Gasteiger partial charge is 0.340 e. The first-order valence-electron chi connectivity index (χ1n) is 7.69. The van der Waals surface area contributed by atoms with Gasteiger partial charge < -0.3 is 4.90 Å². The molecular formula is C16H24N2O3S2. The second-order valence-electron chi connectivity index (χ2n) is 6.30. The van der Waals surface area contributed by atoms with E-state index in [9.17, 15) is 13.2 Å². The van der Waals surface area contributed by atoms with Gasteiger partial charge in [-0.3, -0.25) is 4.79 Å². The minimum atomic E-state index is -3.27. The van der Waals surface area contributed by atoms with Gasteiger partial charge >= 0.3 is 0 Å². The maximum atomic E-state index is 12.4. The summed E-state index contributed by atoms with van der Waals surface area (Å²) in [7, 11) is -3.27. The van der Waals surface area contributed by atoms with Crippen LogP contribution in [0.25, 0.3) is 0 Å². The van der Waals surface area contributed by atoms with Gasteiger partial charge in [0, 0.05) is 24.0 Å². The number of amides is 1. The maximum Gasteiger partial charge on any atom is 0.232 e. The Hall–Kier alpha value is -1.05. The van der Waals surface area contributed by atoms with Crippen molar-refractivity contribution in [3.63, 3.8) is 0 Å². The molecule has 1 N–H and O–H groups in total. The second-order valence-corrected chi connectivity index (χ2v) is 9.13. The first-order valence-corrected chi connectivity index (χ1v) is 10.6. The molecule has 0 aliphatic carbocycles. The van der Waals surface area contributed by atoms with Crippen molar-refractivity contribution in [2.75, 3.05) is 25.1 Å². The van der Waals surface area contributed by atoms with Gasteiger partial charge in [0.25, 0.3) is 0 Å². The molecule has 1 aliphatic rings. The summed E-state index contributed by atoms with van der Waals surface area (Å²) < 4.78 is 25.7. The lowest BCUT2D eigenvalue weighted by Gasteiger charge is -2.21. The Morgan fingerprint density at radius 3 is 2.52 bits per heavy atom. The lowest BCUT2D eigenvalue weighted by Crippen LogP contribution is -2.41. The smallest absolute Gasteiger partial charge is 0.232 e. The topological polar surface area (TPSA) is 66.5 Å². The Morgan fingerprint density at radius 1 is 1.30 bits per heavy atom. The highest BCUT2D eigenvalue weighted by Crippen LogP contribution is 2.26. The molecular weight excluding hydrogens is 332 g/mol. The number of nitrogens with zero attached hydrogens (tertiary/aromatic N) is 1. The zero-order valence-corrected chi connectivity index (χ0v) is 15.4. The van der Waals surface area contributed by atoms with Crippen molar-refractivity contribution >= 4 is 27.7 Å². The number of benzene rings is 1. The van der Waals surface area contributed by atoms with Gasteiger partial charge in [0.05, 0.1) is 12.0 Å². The van der Waals surface area contributed by atoms with Gasteiger partial charge in [-0.25, -0.2) is 13.1 Å². The van der Waals surface area contributed by atoms with Gasteiger partial charge in [-0.05, 0) is 24.0 Å². The third-order valence-electron chi connectivity index (χ3n) is 4.05. The van der Waals surface area contributed by atoms with Crippen LogP contribution in [0.2, 0.25) is 0 Å². The van der Waals surface area contributed by atoms with Gasteiger partial charge in [-0.2, -0.15) is 0 Å². The van der Waals surface area contributed by atoms with Crippen molar-refractivity contribution in [2.45, 2.75) is 24.8 Å². The van der Waals surface area contributed by atoms with Crippen molar-refractivity contribution in [1.29, 1.82) is 0 Å². The van der Waals surface area contributed by atoms with Crippen molar-refractivity contribution in [3.8, 4) is 0 Å². The van der Waals surface area contributed by atoms with Crippen LogP contribution < -0.4 is 4.72 Å². The highest BCUT2D eigenvalue weighted by Gasteiger charge is 2.38. The molecule has 7 heteroatoms. The molecule has 0 saturated carbocycles. The SMILES string of the molecule is CC(C)[C@@H]1CN(C(=O)CSc2ccccc2)C[C@H]1NS(C)(=O)=O. The van der Waals surface area contributed by atoms with E-state index >= 15 is 0 Å². The molecule has 128 valence electrons.